The Labute approximate surface area is 123 Å². The second-order valence-electron chi connectivity index (χ2n) is 5.06. The molecule has 19 heavy (non-hydrogen) atoms. The topological polar surface area (TPSA) is 32.3 Å². The van der Waals surface area contributed by atoms with Gasteiger partial charge in [0.25, 0.3) is 0 Å². The second kappa shape index (κ2) is 6.77. The van der Waals surface area contributed by atoms with Crippen LogP contribution >= 0.6 is 23.1 Å². The lowest BCUT2D eigenvalue weighted by molar-refractivity contribution is -0.132. The molecule has 1 aromatic heterocycles. The van der Waals surface area contributed by atoms with Crippen LogP contribution < -0.4 is 5.32 Å². The zero-order valence-corrected chi connectivity index (χ0v) is 13.4. The van der Waals surface area contributed by atoms with Gasteiger partial charge >= 0.3 is 0 Å². The van der Waals surface area contributed by atoms with Gasteiger partial charge in [0, 0.05) is 47.3 Å². The molecule has 0 aromatic carbocycles. The molecule has 2 atom stereocenters. The number of nitrogens with one attached hydrogen (secondary N) is 1. The van der Waals surface area contributed by atoms with Crippen molar-refractivity contribution in [3.8, 4) is 0 Å². The van der Waals surface area contributed by atoms with E-state index in [0.29, 0.717) is 12.5 Å². The molecule has 106 valence electrons. The van der Waals surface area contributed by atoms with Crippen molar-refractivity contribution in [2.45, 2.75) is 32.4 Å². The van der Waals surface area contributed by atoms with Crippen LogP contribution in [0.4, 0.5) is 0 Å². The first-order valence-electron chi connectivity index (χ1n) is 6.71. The quantitative estimate of drug-likeness (QED) is 0.927. The van der Waals surface area contributed by atoms with Crippen molar-refractivity contribution in [2.24, 2.45) is 0 Å². The van der Waals surface area contributed by atoms with Gasteiger partial charge in [0.2, 0.25) is 5.91 Å². The van der Waals surface area contributed by atoms with Crippen LogP contribution in [0, 0.1) is 6.92 Å². The molecule has 2 heterocycles. The monoisotopic (exact) mass is 298 g/mol. The van der Waals surface area contributed by atoms with Gasteiger partial charge in [-0.1, -0.05) is 0 Å². The predicted molar refractivity (Wildman–Crippen MR) is 84.0 cm³/mol. The number of aryl methyl sites for hydroxylation is 1. The molecule has 0 spiro atoms. The summed E-state index contributed by atoms with van der Waals surface area (Å²) in [5.41, 5.74) is 0. The molecule has 0 aliphatic carbocycles. The summed E-state index contributed by atoms with van der Waals surface area (Å²) < 4.78 is 0. The summed E-state index contributed by atoms with van der Waals surface area (Å²) >= 11 is 3.71. The van der Waals surface area contributed by atoms with E-state index in [0.717, 1.165) is 18.1 Å². The van der Waals surface area contributed by atoms with Crippen LogP contribution in [-0.2, 0) is 4.79 Å². The van der Waals surface area contributed by atoms with Gasteiger partial charge in [-0.15, -0.1) is 11.3 Å². The number of amides is 1. The Hall–Kier alpha value is -0.520. The van der Waals surface area contributed by atoms with E-state index in [4.69, 9.17) is 0 Å². The van der Waals surface area contributed by atoms with Crippen molar-refractivity contribution < 1.29 is 4.79 Å². The number of thioether (sulfide) groups is 1. The van der Waals surface area contributed by atoms with Crippen LogP contribution in [0.25, 0.3) is 0 Å². The minimum absolute atomic E-state index is 0.169. The number of nitrogens with zero attached hydrogens (tertiary/aromatic N) is 1. The highest BCUT2D eigenvalue weighted by Gasteiger charge is 2.23. The van der Waals surface area contributed by atoms with Gasteiger partial charge in [-0.3, -0.25) is 4.79 Å². The normalized spacial score (nSPS) is 21.1. The van der Waals surface area contributed by atoms with E-state index in [9.17, 15) is 4.79 Å². The van der Waals surface area contributed by atoms with Gasteiger partial charge in [-0.2, -0.15) is 11.8 Å². The zero-order chi connectivity index (χ0) is 13.8. The third kappa shape index (κ3) is 3.97. The zero-order valence-electron chi connectivity index (χ0n) is 11.8. The molecule has 0 radical (unpaired) electrons. The van der Waals surface area contributed by atoms with Crippen molar-refractivity contribution in [1.29, 1.82) is 0 Å². The van der Waals surface area contributed by atoms with Gasteiger partial charge in [0.1, 0.15) is 0 Å². The molecule has 0 saturated carbocycles. The largest absolute Gasteiger partial charge is 0.338 e. The average molecular weight is 298 g/mol. The number of carbonyl (C=O) groups excluding carboxylic acids is 1. The van der Waals surface area contributed by atoms with Crippen molar-refractivity contribution >= 4 is 29.0 Å². The maximum atomic E-state index is 12.3. The molecule has 1 saturated heterocycles. The lowest BCUT2D eigenvalue weighted by atomic mass is 10.1. The second-order valence-corrected chi connectivity index (χ2v) is 7.53. The van der Waals surface area contributed by atoms with E-state index >= 15 is 0 Å². The highest BCUT2D eigenvalue weighted by Crippen LogP contribution is 2.27. The Bertz CT molecular complexity index is 427. The van der Waals surface area contributed by atoms with Crippen molar-refractivity contribution in [3.63, 3.8) is 0 Å². The molecule has 3 nitrogen and oxygen atoms in total. The van der Waals surface area contributed by atoms with E-state index in [-0.39, 0.29) is 11.9 Å². The van der Waals surface area contributed by atoms with Crippen LogP contribution in [0.2, 0.25) is 0 Å². The molecule has 1 fully saturated rings. The van der Waals surface area contributed by atoms with Gasteiger partial charge in [-0.05, 0) is 26.0 Å². The molecular weight excluding hydrogens is 276 g/mol. The van der Waals surface area contributed by atoms with Crippen molar-refractivity contribution in [1.82, 2.24) is 10.2 Å². The Kier molecular flexibility index (Phi) is 5.30. The first-order valence-corrected chi connectivity index (χ1v) is 8.68. The highest BCUT2D eigenvalue weighted by molar-refractivity contribution is 7.99. The number of hydrogen-bond donors (Lipinski definition) is 1. The molecule has 5 heteroatoms. The maximum absolute atomic E-state index is 12.3. The molecule has 1 amide bonds. The van der Waals surface area contributed by atoms with E-state index in [2.05, 4.69) is 31.3 Å². The maximum Gasteiger partial charge on any atom is 0.224 e. The molecule has 0 bridgehead atoms. The SMILES string of the molecule is Cc1ccc(C(C)N(C)C(=O)CC2CSCCN2)s1. The molecule has 1 aromatic rings. The van der Waals surface area contributed by atoms with Crippen molar-refractivity contribution in [3.05, 3.63) is 21.9 Å². The van der Waals surface area contributed by atoms with Gasteiger partial charge in [0.15, 0.2) is 0 Å². The van der Waals surface area contributed by atoms with E-state index in [1.165, 1.54) is 9.75 Å². The summed E-state index contributed by atoms with van der Waals surface area (Å²) in [6, 6.07) is 4.76. The summed E-state index contributed by atoms with van der Waals surface area (Å²) in [7, 11) is 1.91. The van der Waals surface area contributed by atoms with Crippen LogP contribution in [0.15, 0.2) is 12.1 Å². The number of hydrogen-bond acceptors (Lipinski definition) is 4. The Morgan fingerprint density at radius 1 is 1.58 bits per heavy atom. The van der Waals surface area contributed by atoms with E-state index < -0.39 is 0 Å². The first-order chi connectivity index (χ1) is 9.08. The van der Waals surface area contributed by atoms with E-state index in [1.807, 2.05) is 23.7 Å². The minimum Gasteiger partial charge on any atom is -0.338 e. The molecule has 1 N–H and O–H groups in total. The lowest BCUT2D eigenvalue weighted by Crippen LogP contribution is -2.42. The standard InChI is InChI=1S/C14H22N2OS2/c1-10-4-5-13(19-10)11(2)16(3)14(17)8-12-9-18-7-6-15-12/h4-5,11-12,15H,6-9H2,1-3H3. The number of carbonyl (C=O) groups is 1. The van der Waals surface area contributed by atoms with Crippen molar-refractivity contribution in [2.75, 3.05) is 25.1 Å². The molecule has 2 unspecified atom stereocenters. The summed E-state index contributed by atoms with van der Waals surface area (Å²) in [5.74, 6) is 2.44. The fraction of sp³-hybridized carbons (Fsp3) is 0.643. The summed E-state index contributed by atoms with van der Waals surface area (Å²) in [6.07, 6.45) is 0.609. The van der Waals surface area contributed by atoms with Crippen LogP contribution in [0.1, 0.15) is 29.1 Å². The average Bonchev–Trinajstić information content (AvgIpc) is 2.85. The summed E-state index contributed by atoms with van der Waals surface area (Å²) in [5, 5.41) is 3.42. The lowest BCUT2D eigenvalue weighted by Gasteiger charge is -2.28. The van der Waals surface area contributed by atoms with Crippen LogP contribution in [-0.4, -0.2) is 41.9 Å². The van der Waals surface area contributed by atoms with Crippen LogP contribution in [0.5, 0.6) is 0 Å². The fourth-order valence-electron chi connectivity index (χ4n) is 2.19. The smallest absolute Gasteiger partial charge is 0.224 e. The molecular formula is C14H22N2OS2. The molecule has 1 aliphatic rings. The van der Waals surface area contributed by atoms with E-state index in [1.54, 1.807) is 11.3 Å². The van der Waals surface area contributed by atoms with Gasteiger partial charge in [0.05, 0.1) is 6.04 Å². The van der Waals surface area contributed by atoms with Gasteiger partial charge in [-0.25, -0.2) is 0 Å². The van der Waals surface area contributed by atoms with Crippen LogP contribution in [0.3, 0.4) is 0 Å². The Balaban J connectivity index is 1.90. The highest BCUT2D eigenvalue weighted by atomic mass is 32.2. The number of rotatable bonds is 4. The first kappa shape index (κ1) is 14.9. The fourth-order valence-corrected chi connectivity index (χ4v) is 4.11. The third-order valence-electron chi connectivity index (χ3n) is 3.57. The minimum atomic E-state index is 0.169. The number of thiophene rings is 1. The third-order valence-corrected chi connectivity index (χ3v) is 5.87. The molecule has 2 rings (SSSR count). The Morgan fingerprint density at radius 3 is 2.95 bits per heavy atom. The summed E-state index contributed by atoms with van der Waals surface area (Å²) in [4.78, 5) is 16.8. The Morgan fingerprint density at radius 2 is 2.37 bits per heavy atom. The summed E-state index contributed by atoms with van der Waals surface area (Å²) in [6.45, 7) is 5.23. The molecule has 1 aliphatic heterocycles. The predicted octanol–water partition coefficient (Wildman–Crippen LogP) is 2.67. The van der Waals surface area contributed by atoms with Gasteiger partial charge < -0.3 is 10.2 Å².